The van der Waals surface area contributed by atoms with E-state index in [0.717, 1.165) is 32.0 Å². The molecule has 0 unspecified atom stereocenters. The molecule has 0 saturated heterocycles. The molecule has 0 heterocycles. The number of carbonyl (C=O) groups is 2. The third-order valence-corrected chi connectivity index (χ3v) is 6.30. The van der Waals surface area contributed by atoms with Crippen molar-refractivity contribution in [2.45, 2.75) is 128 Å². The first-order valence-electron chi connectivity index (χ1n) is 13.6. The van der Waals surface area contributed by atoms with Crippen LogP contribution in [0, 0.1) is 0 Å². The van der Waals surface area contributed by atoms with E-state index in [2.05, 4.69) is 0 Å². The lowest BCUT2D eigenvalue weighted by Gasteiger charge is -2.05. The second-order valence-electron chi connectivity index (χ2n) is 9.36. The smallest absolute Gasteiger partial charge is 0.338 e. The molecule has 0 atom stereocenters. The molecule has 0 saturated carbocycles. The van der Waals surface area contributed by atoms with E-state index in [1.165, 1.54) is 115 Å². The second-order valence-corrected chi connectivity index (χ2v) is 9.36. The minimum absolute atomic E-state index is 0.156. The van der Waals surface area contributed by atoms with Gasteiger partial charge in [0, 0.05) is 6.42 Å². The second kappa shape index (κ2) is 22.0. The summed E-state index contributed by atoms with van der Waals surface area (Å²) in [6.45, 7) is 0.474. The number of unbranched alkanes of at least 4 members (excludes halogenated alkanes) is 19. The maximum absolute atomic E-state index is 11.9. The Morgan fingerprint density at radius 1 is 0.606 bits per heavy atom. The Morgan fingerprint density at radius 3 is 1.36 bits per heavy atom. The predicted octanol–water partition coefficient (Wildman–Crippen LogP) is 8.55. The first-order valence-corrected chi connectivity index (χ1v) is 13.6. The monoisotopic (exact) mass is 460 g/mol. The average molecular weight is 461 g/mol. The fourth-order valence-corrected chi connectivity index (χ4v) is 4.18. The lowest BCUT2D eigenvalue weighted by molar-refractivity contribution is -0.107. The molecule has 0 bridgehead atoms. The molecule has 0 spiro atoms. The molecule has 1 rings (SSSR count). The van der Waals surface area contributed by atoms with Gasteiger partial charge in [0.1, 0.15) is 12.0 Å². The summed E-state index contributed by atoms with van der Waals surface area (Å²) in [4.78, 5) is 22.1. The lowest BCUT2D eigenvalue weighted by Crippen LogP contribution is -2.06. The van der Waals surface area contributed by atoms with Crippen molar-refractivity contribution in [3.63, 3.8) is 0 Å². The zero-order valence-electron chi connectivity index (χ0n) is 20.9. The number of rotatable bonds is 23. The van der Waals surface area contributed by atoms with E-state index in [1.54, 1.807) is 12.1 Å². The van der Waals surface area contributed by atoms with Crippen molar-refractivity contribution in [3.8, 4) is 5.75 Å². The summed E-state index contributed by atoms with van der Waals surface area (Å²) in [5.74, 6) is -0.155. The molecule has 33 heavy (non-hydrogen) atoms. The van der Waals surface area contributed by atoms with Gasteiger partial charge in [-0.1, -0.05) is 109 Å². The zero-order chi connectivity index (χ0) is 23.8. The van der Waals surface area contributed by atoms with E-state index < -0.39 is 0 Å². The summed E-state index contributed by atoms with van der Waals surface area (Å²) in [7, 11) is 0. The molecule has 0 amide bonds. The molecule has 0 aromatic heterocycles. The van der Waals surface area contributed by atoms with Crippen molar-refractivity contribution in [2.75, 3.05) is 6.61 Å². The van der Waals surface area contributed by atoms with Gasteiger partial charge in [0.25, 0.3) is 0 Å². The van der Waals surface area contributed by atoms with Gasteiger partial charge in [-0.15, -0.1) is 0 Å². The van der Waals surface area contributed by atoms with Gasteiger partial charge in [0.2, 0.25) is 0 Å². The first kappa shape index (κ1) is 29.2. The van der Waals surface area contributed by atoms with Crippen LogP contribution in [-0.4, -0.2) is 24.0 Å². The SMILES string of the molecule is O=CCCCCCCCCCCCCCCCCCCCCCOC(=O)c1ccc(O)cc1. The fraction of sp³-hybridized carbons (Fsp3) is 0.724. The summed E-state index contributed by atoms with van der Waals surface area (Å²) in [6, 6.07) is 6.18. The highest BCUT2D eigenvalue weighted by Gasteiger charge is 2.06. The van der Waals surface area contributed by atoms with Crippen LogP contribution in [0.15, 0.2) is 24.3 Å². The maximum atomic E-state index is 11.9. The molecule has 1 aromatic rings. The van der Waals surface area contributed by atoms with Crippen molar-refractivity contribution in [2.24, 2.45) is 0 Å². The van der Waals surface area contributed by atoms with E-state index in [4.69, 9.17) is 4.74 Å². The van der Waals surface area contributed by atoms with Crippen LogP contribution in [0.1, 0.15) is 139 Å². The van der Waals surface area contributed by atoms with E-state index >= 15 is 0 Å². The molecule has 0 radical (unpaired) electrons. The number of carbonyl (C=O) groups excluding carboxylic acids is 2. The minimum atomic E-state index is -0.311. The average Bonchev–Trinajstić information content (AvgIpc) is 2.82. The van der Waals surface area contributed by atoms with Crippen LogP contribution in [0.2, 0.25) is 0 Å². The molecule has 0 fully saturated rings. The van der Waals surface area contributed by atoms with Gasteiger partial charge in [-0.3, -0.25) is 0 Å². The highest BCUT2D eigenvalue weighted by Crippen LogP contribution is 2.15. The van der Waals surface area contributed by atoms with Gasteiger partial charge in [0.05, 0.1) is 12.2 Å². The number of aldehydes is 1. The van der Waals surface area contributed by atoms with E-state index in [-0.39, 0.29) is 11.7 Å². The number of ether oxygens (including phenoxy) is 1. The molecule has 0 aliphatic rings. The summed E-state index contributed by atoms with van der Waals surface area (Å²) in [5.41, 5.74) is 0.488. The number of hydrogen-bond donors (Lipinski definition) is 1. The first-order chi connectivity index (χ1) is 16.2. The van der Waals surface area contributed by atoms with E-state index in [0.29, 0.717) is 12.2 Å². The third kappa shape index (κ3) is 18.3. The van der Waals surface area contributed by atoms with Gasteiger partial charge in [-0.2, -0.15) is 0 Å². The highest BCUT2D eigenvalue weighted by molar-refractivity contribution is 5.89. The van der Waals surface area contributed by atoms with Crippen LogP contribution in [-0.2, 0) is 9.53 Å². The van der Waals surface area contributed by atoms with Crippen LogP contribution < -0.4 is 0 Å². The Bertz CT molecular complexity index is 582. The van der Waals surface area contributed by atoms with Gasteiger partial charge < -0.3 is 14.6 Å². The Hall–Kier alpha value is -1.84. The number of phenolic OH excluding ortho intramolecular Hbond substituents is 1. The van der Waals surface area contributed by atoms with Crippen LogP contribution in [0.4, 0.5) is 0 Å². The van der Waals surface area contributed by atoms with Gasteiger partial charge >= 0.3 is 5.97 Å². The molecule has 0 aliphatic carbocycles. The Labute approximate surface area is 202 Å². The van der Waals surface area contributed by atoms with Crippen molar-refractivity contribution in [1.29, 1.82) is 0 Å². The van der Waals surface area contributed by atoms with Crippen molar-refractivity contribution in [3.05, 3.63) is 29.8 Å². The van der Waals surface area contributed by atoms with Gasteiger partial charge in [-0.05, 0) is 37.1 Å². The number of hydrogen-bond acceptors (Lipinski definition) is 4. The standard InChI is InChI=1S/C29H48O4/c30-25-19-17-15-13-11-9-7-5-3-1-2-4-6-8-10-12-14-16-18-20-26-33-29(32)27-21-23-28(31)24-22-27/h21-25,31H,1-20,26H2. The topological polar surface area (TPSA) is 63.6 Å². The maximum Gasteiger partial charge on any atom is 0.338 e. The number of esters is 1. The quantitative estimate of drug-likeness (QED) is 0.101. The molecule has 4 heteroatoms. The summed E-state index contributed by atoms with van der Waals surface area (Å²) in [6.07, 6.45) is 26.4. The van der Waals surface area contributed by atoms with Crippen molar-refractivity contribution < 1.29 is 19.4 Å². The molecule has 188 valence electrons. The van der Waals surface area contributed by atoms with Crippen LogP contribution in [0.5, 0.6) is 5.75 Å². The molecular formula is C29H48O4. The molecular weight excluding hydrogens is 412 g/mol. The Kier molecular flexibility index (Phi) is 19.4. The van der Waals surface area contributed by atoms with Crippen LogP contribution in [0.3, 0.4) is 0 Å². The molecule has 4 nitrogen and oxygen atoms in total. The zero-order valence-corrected chi connectivity index (χ0v) is 20.9. The summed E-state index contributed by atoms with van der Waals surface area (Å²) in [5, 5.41) is 9.24. The number of phenols is 1. The minimum Gasteiger partial charge on any atom is -0.508 e. The normalized spacial score (nSPS) is 10.9. The largest absolute Gasteiger partial charge is 0.508 e. The fourth-order valence-electron chi connectivity index (χ4n) is 4.18. The summed E-state index contributed by atoms with van der Waals surface area (Å²) >= 11 is 0. The Morgan fingerprint density at radius 2 is 0.970 bits per heavy atom. The molecule has 1 N–H and O–H groups in total. The molecule has 1 aromatic carbocycles. The summed E-state index contributed by atoms with van der Waals surface area (Å²) < 4.78 is 5.28. The number of aromatic hydroxyl groups is 1. The predicted molar refractivity (Wildman–Crippen MR) is 137 cm³/mol. The number of benzene rings is 1. The van der Waals surface area contributed by atoms with Crippen molar-refractivity contribution in [1.82, 2.24) is 0 Å². The van der Waals surface area contributed by atoms with Crippen molar-refractivity contribution >= 4 is 12.3 Å². The van der Waals surface area contributed by atoms with Crippen LogP contribution >= 0.6 is 0 Å². The highest BCUT2D eigenvalue weighted by atomic mass is 16.5. The van der Waals surface area contributed by atoms with E-state index in [9.17, 15) is 14.7 Å². The molecule has 0 aliphatic heterocycles. The van der Waals surface area contributed by atoms with Crippen LogP contribution in [0.25, 0.3) is 0 Å². The lowest BCUT2D eigenvalue weighted by atomic mass is 10.0. The Balaban J connectivity index is 1.72. The van der Waals surface area contributed by atoms with E-state index in [1.807, 2.05) is 0 Å². The van der Waals surface area contributed by atoms with Gasteiger partial charge in [0.15, 0.2) is 0 Å². The third-order valence-electron chi connectivity index (χ3n) is 6.30. The van der Waals surface area contributed by atoms with Gasteiger partial charge in [-0.25, -0.2) is 4.79 Å².